The highest BCUT2D eigenvalue weighted by Gasteiger charge is 2.43. The van der Waals surface area contributed by atoms with Gasteiger partial charge in [0.15, 0.2) is 0 Å². The fraction of sp³-hybridized carbons (Fsp3) is 0.700. The number of carbonyl (C=O) groups is 1. The first kappa shape index (κ1) is 11.2. The van der Waals surface area contributed by atoms with Gasteiger partial charge in [0, 0.05) is 12.7 Å². The van der Waals surface area contributed by atoms with Crippen LogP contribution in [0.1, 0.15) is 19.3 Å². The van der Waals surface area contributed by atoms with Crippen molar-refractivity contribution in [1.82, 2.24) is 0 Å². The smallest absolute Gasteiger partial charge is 0.327 e. The summed E-state index contributed by atoms with van der Waals surface area (Å²) >= 11 is 0. The zero-order chi connectivity index (χ0) is 10.6. The van der Waals surface area contributed by atoms with Crippen molar-refractivity contribution in [3.8, 4) is 0 Å². The summed E-state index contributed by atoms with van der Waals surface area (Å²) in [6, 6.07) is 0. The summed E-state index contributed by atoms with van der Waals surface area (Å²) in [5, 5.41) is 16.4. The van der Waals surface area contributed by atoms with Gasteiger partial charge in [0.05, 0.1) is 12.2 Å². The van der Waals surface area contributed by atoms with Crippen molar-refractivity contribution >= 4 is 5.97 Å². The summed E-state index contributed by atoms with van der Waals surface area (Å²) in [4.78, 5) is 9.25. The number of ether oxygens (including phenoxy) is 1. The van der Waals surface area contributed by atoms with Crippen LogP contribution in [0.3, 0.4) is 0 Å². The molecule has 1 saturated heterocycles. The van der Waals surface area contributed by atoms with Crippen LogP contribution < -0.4 is 0 Å². The highest BCUT2D eigenvalue weighted by molar-refractivity contribution is 5.78. The average molecular weight is 200 g/mol. The van der Waals surface area contributed by atoms with Crippen molar-refractivity contribution < 1.29 is 19.7 Å². The molecule has 2 fully saturated rings. The third kappa shape index (κ3) is 3.47. The Morgan fingerprint density at radius 1 is 1.50 bits per heavy atom. The summed E-state index contributed by atoms with van der Waals surface area (Å²) in [7, 11) is 0. The van der Waals surface area contributed by atoms with E-state index in [9.17, 15) is 4.79 Å². The number of fused-ring (bicyclic) bond motifs is 1. The lowest BCUT2D eigenvalue weighted by molar-refractivity contribution is -0.131. The topological polar surface area (TPSA) is 70.1 Å². The molecule has 2 rings (SSSR count). The minimum absolute atomic E-state index is 0.354. The zero-order valence-corrected chi connectivity index (χ0v) is 8.06. The van der Waals surface area contributed by atoms with Crippen molar-refractivity contribution in [1.29, 1.82) is 0 Å². The van der Waals surface area contributed by atoms with Crippen molar-refractivity contribution in [3.05, 3.63) is 12.7 Å². The molecule has 4 nitrogen and oxygen atoms in total. The van der Waals surface area contributed by atoms with E-state index < -0.39 is 5.97 Å². The molecule has 0 aromatic carbocycles. The molecular formula is C10H16O4. The van der Waals surface area contributed by atoms with Gasteiger partial charge in [0.2, 0.25) is 0 Å². The van der Waals surface area contributed by atoms with Gasteiger partial charge >= 0.3 is 5.97 Å². The monoisotopic (exact) mass is 200 g/mol. The fourth-order valence-electron chi connectivity index (χ4n) is 1.65. The van der Waals surface area contributed by atoms with Crippen molar-refractivity contribution in [2.45, 2.75) is 31.5 Å². The van der Waals surface area contributed by atoms with Gasteiger partial charge in [0.1, 0.15) is 0 Å². The number of rotatable bonds is 2. The van der Waals surface area contributed by atoms with Crippen LogP contribution in [0.5, 0.6) is 0 Å². The van der Waals surface area contributed by atoms with Gasteiger partial charge in [-0.15, -0.1) is 0 Å². The van der Waals surface area contributed by atoms with E-state index >= 15 is 0 Å². The first-order chi connectivity index (χ1) is 6.67. The number of aliphatic carboxylic acids is 1. The second-order valence-electron chi connectivity index (χ2n) is 3.62. The molecule has 1 aliphatic heterocycles. The van der Waals surface area contributed by atoms with Gasteiger partial charge in [-0.1, -0.05) is 6.58 Å². The summed E-state index contributed by atoms with van der Waals surface area (Å²) < 4.78 is 5.30. The number of hydrogen-bond acceptors (Lipinski definition) is 3. The van der Waals surface area contributed by atoms with E-state index in [1.807, 2.05) is 0 Å². The van der Waals surface area contributed by atoms with Gasteiger partial charge in [-0.05, 0) is 25.2 Å². The number of epoxide rings is 1. The van der Waals surface area contributed by atoms with Crippen LogP contribution in [-0.2, 0) is 9.53 Å². The molecule has 1 aliphatic carbocycles. The van der Waals surface area contributed by atoms with Gasteiger partial charge < -0.3 is 14.9 Å². The molecular weight excluding hydrogens is 184 g/mol. The van der Waals surface area contributed by atoms with Gasteiger partial charge in [-0.25, -0.2) is 4.79 Å². The molecule has 1 saturated carbocycles. The number of carboxylic acid groups (broad SMARTS) is 1. The Bertz CT molecular complexity index is 214. The van der Waals surface area contributed by atoms with E-state index in [4.69, 9.17) is 14.9 Å². The van der Waals surface area contributed by atoms with E-state index in [0.717, 1.165) is 18.9 Å². The molecule has 4 heteroatoms. The maximum Gasteiger partial charge on any atom is 0.327 e. The van der Waals surface area contributed by atoms with Crippen molar-refractivity contribution in [3.63, 3.8) is 0 Å². The van der Waals surface area contributed by atoms with Gasteiger partial charge in [0.25, 0.3) is 0 Å². The molecule has 0 bridgehead atoms. The highest BCUT2D eigenvalue weighted by Crippen LogP contribution is 2.38. The number of aliphatic hydroxyl groups is 1. The Labute approximate surface area is 83.2 Å². The molecule has 0 aromatic rings. The van der Waals surface area contributed by atoms with Crippen LogP contribution in [0.15, 0.2) is 12.7 Å². The van der Waals surface area contributed by atoms with E-state index in [1.165, 1.54) is 6.42 Å². The fourth-order valence-corrected chi connectivity index (χ4v) is 1.65. The van der Waals surface area contributed by atoms with E-state index in [1.54, 1.807) is 0 Å². The largest absolute Gasteiger partial charge is 0.478 e. The lowest BCUT2D eigenvalue weighted by Crippen LogP contribution is -2.16. The van der Waals surface area contributed by atoms with Crippen molar-refractivity contribution in [2.24, 2.45) is 5.92 Å². The zero-order valence-electron chi connectivity index (χ0n) is 8.06. The van der Waals surface area contributed by atoms with Crippen molar-refractivity contribution in [2.75, 3.05) is 6.61 Å². The third-order valence-corrected chi connectivity index (χ3v) is 2.55. The van der Waals surface area contributed by atoms with Crippen LogP contribution in [0.2, 0.25) is 0 Å². The predicted octanol–water partition coefficient (Wildman–Crippen LogP) is 0.803. The Balaban J connectivity index is 0.000000171. The summed E-state index contributed by atoms with van der Waals surface area (Å²) in [6.07, 6.45) is 5.37. The number of aliphatic hydroxyl groups excluding tert-OH is 1. The first-order valence-corrected chi connectivity index (χ1v) is 4.79. The Morgan fingerprint density at radius 3 is 2.57 bits per heavy atom. The summed E-state index contributed by atoms with van der Waals surface area (Å²) in [5.74, 6) is -0.446. The molecule has 3 atom stereocenters. The van der Waals surface area contributed by atoms with Crippen LogP contribution in [0.25, 0.3) is 0 Å². The lowest BCUT2D eigenvalue weighted by atomic mass is 9.90. The molecule has 0 spiro atoms. The molecule has 0 aromatic heterocycles. The predicted molar refractivity (Wildman–Crippen MR) is 50.9 cm³/mol. The maximum atomic E-state index is 9.25. The molecule has 2 N–H and O–H groups in total. The van der Waals surface area contributed by atoms with Crippen LogP contribution in [0.4, 0.5) is 0 Å². The number of hydrogen-bond donors (Lipinski definition) is 2. The van der Waals surface area contributed by atoms with E-state index in [0.29, 0.717) is 24.7 Å². The second kappa shape index (κ2) is 5.12. The average Bonchev–Trinajstić information content (AvgIpc) is 2.96. The van der Waals surface area contributed by atoms with Crippen LogP contribution in [0, 0.1) is 5.92 Å². The summed E-state index contributed by atoms with van der Waals surface area (Å²) in [6.45, 7) is 3.31. The van der Waals surface area contributed by atoms with Gasteiger partial charge in [-0.2, -0.15) is 0 Å². The second-order valence-corrected chi connectivity index (χ2v) is 3.62. The number of carboxylic acids is 1. The van der Waals surface area contributed by atoms with Crippen LogP contribution in [-0.4, -0.2) is 35.0 Å². The molecule has 0 radical (unpaired) electrons. The van der Waals surface area contributed by atoms with E-state index in [2.05, 4.69) is 6.58 Å². The normalized spacial score (nSPS) is 33.4. The molecule has 3 unspecified atom stereocenters. The molecule has 0 amide bonds. The minimum Gasteiger partial charge on any atom is -0.478 e. The lowest BCUT2D eigenvalue weighted by Gasteiger charge is -2.14. The van der Waals surface area contributed by atoms with E-state index in [-0.39, 0.29) is 0 Å². The minimum atomic E-state index is -0.981. The third-order valence-electron chi connectivity index (χ3n) is 2.55. The standard InChI is InChI=1S/C7H12O2.C3H4O2/c8-4-5-1-2-6-7(3-5)9-6;1-2-3(4)5/h5-8H,1-4H2;2H,1H2,(H,4,5). The quantitative estimate of drug-likeness (QED) is 0.511. The Hall–Kier alpha value is -0.870. The van der Waals surface area contributed by atoms with Crippen LogP contribution >= 0.6 is 0 Å². The molecule has 80 valence electrons. The molecule has 14 heavy (non-hydrogen) atoms. The molecule has 1 heterocycles. The maximum absolute atomic E-state index is 9.25. The molecule has 2 aliphatic rings. The Kier molecular flexibility index (Phi) is 4.10. The Morgan fingerprint density at radius 2 is 2.14 bits per heavy atom. The SMILES string of the molecule is C=CC(=O)O.OCC1CCC2OC2C1. The highest BCUT2D eigenvalue weighted by atomic mass is 16.6. The first-order valence-electron chi connectivity index (χ1n) is 4.79. The van der Waals surface area contributed by atoms with Gasteiger partial charge in [-0.3, -0.25) is 0 Å². The summed E-state index contributed by atoms with van der Waals surface area (Å²) in [5.41, 5.74) is 0.